The Hall–Kier alpha value is -4.14. The van der Waals surface area contributed by atoms with Crippen LogP contribution in [0.4, 0.5) is 14.5 Å². The van der Waals surface area contributed by atoms with Gasteiger partial charge in [-0.3, -0.25) is 14.5 Å². The number of hydrogen-bond donors (Lipinski definition) is 1. The standard InChI is InChI=1S/C26H23F2NO6/c1-4-33-16-8-9-17(21(13-16)34-5-2)24(30)22-23(20-11-6-14(3)35-20)29(26(32)25(22)31)15-7-10-18(27)19(28)12-15/h6-13,23,30H,4-5H2,1-3H3/b24-22-. The Kier molecular flexibility index (Phi) is 6.59. The number of carbonyl (C=O) groups excluding carboxylic acids is 2. The number of halogens is 2. The van der Waals surface area contributed by atoms with Gasteiger partial charge in [0, 0.05) is 17.8 Å². The van der Waals surface area contributed by atoms with Gasteiger partial charge < -0.3 is 19.0 Å². The highest BCUT2D eigenvalue weighted by Crippen LogP contribution is 2.44. The lowest BCUT2D eigenvalue weighted by Crippen LogP contribution is -2.29. The zero-order valence-corrected chi connectivity index (χ0v) is 19.3. The van der Waals surface area contributed by atoms with Crippen molar-refractivity contribution in [1.82, 2.24) is 0 Å². The molecule has 0 bridgehead atoms. The first-order valence-electron chi connectivity index (χ1n) is 11.0. The summed E-state index contributed by atoms with van der Waals surface area (Å²) in [6.07, 6.45) is 0. The molecular formula is C26H23F2NO6. The molecule has 2 heterocycles. The van der Waals surface area contributed by atoms with E-state index in [9.17, 15) is 23.5 Å². The summed E-state index contributed by atoms with van der Waals surface area (Å²) in [4.78, 5) is 27.3. The van der Waals surface area contributed by atoms with Gasteiger partial charge in [0.15, 0.2) is 11.6 Å². The first-order valence-corrected chi connectivity index (χ1v) is 11.0. The summed E-state index contributed by atoms with van der Waals surface area (Å²) in [6.45, 7) is 5.92. The summed E-state index contributed by atoms with van der Waals surface area (Å²) in [5, 5.41) is 11.3. The summed E-state index contributed by atoms with van der Waals surface area (Å²) < 4.78 is 44.5. The van der Waals surface area contributed by atoms with Gasteiger partial charge in [-0.15, -0.1) is 0 Å². The number of nitrogens with zero attached hydrogens (tertiary/aromatic N) is 1. The zero-order valence-electron chi connectivity index (χ0n) is 19.3. The van der Waals surface area contributed by atoms with Crippen LogP contribution in [-0.2, 0) is 9.59 Å². The number of rotatable bonds is 7. The maximum absolute atomic E-state index is 14.0. The molecular weight excluding hydrogens is 460 g/mol. The number of Topliss-reactive ketones (excluding diaryl/α,β-unsaturated/α-hetero) is 1. The average Bonchev–Trinajstić information content (AvgIpc) is 3.37. The van der Waals surface area contributed by atoms with Crippen LogP contribution in [0.1, 0.15) is 37.0 Å². The van der Waals surface area contributed by atoms with Gasteiger partial charge in [0.1, 0.15) is 34.8 Å². The number of ether oxygens (including phenoxy) is 2. The van der Waals surface area contributed by atoms with Gasteiger partial charge in [-0.05, 0) is 57.2 Å². The van der Waals surface area contributed by atoms with Gasteiger partial charge in [0.2, 0.25) is 0 Å². The molecule has 0 saturated carbocycles. The van der Waals surface area contributed by atoms with Gasteiger partial charge in [-0.25, -0.2) is 8.78 Å². The lowest BCUT2D eigenvalue weighted by atomic mass is 9.98. The molecule has 0 radical (unpaired) electrons. The minimum atomic E-state index is -1.23. The van der Waals surface area contributed by atoms with Crippen molar-refractivity contribution in [3.8, 4) is 11.5 Å². The second-order valence-electron chi connectivity index (χ2n) is 7.74. The second-order valence-corrected chi connectivity index (χ2v) is 7.74. The fraction of sp³-hybridized carbons (Fsp3) is 0.231. The van der Waals surface area contributed by atoms with Crippen molar-refractivity contribution < 1.29 is 37.4 Å². The summed E-state index contributed by atoms with van der Waals surface area (Å²) in [7, 11) is 0. The lowest BCUT2D eigenvalue weighted by Gasteiger charge is -2.23. The molecule has 1 aromatic heterocycles. The topological polar surface area (TPSA) is 89.2 Å². The van der Waals surface area contributed by atoms with Crippen LogP contribution < -0.4 is 14.4 Å². The van der Waals surface area contributed by atoms with Crippen molar-refractivity contribution in [3.63, 3.8) is 0 Å². The predicted molar refractivity (Wildman–Crippen MR) is 123 cm³/mol. The summed E-state index contributed by atoms with van der Waals surface area (Å²) in [5.74, 6) is -3.45. The van der Waals surface area contributed by atoms with E-state index >= 15 is 0 Å². The van der Waals surface area contributed by atoms with Crippen molar-refractivity contribution in [2.24, 2.45) is 0 Å². The minimum Gasteiger partial charge on any atom is -0.507 e. The minimum absolute atomic E-state index is 0.0687. The monoisotopic (exact) mass is 483 g/mol. The number of furan rings is 1. The molecule has 182 valence electrons. The Morgan fingerprint density at radius 3 is 2.37 bits per heavy atom. The molecule has 1 aliphatic rings. The number of aliphatic hydroxyl groups excluding tert-OH is 1. The number of carbonyl (C=O) groups is 2. The second kappa shape index (κ2) is 9.61. The molecule has 1 N–H and O–H groups in total. The molecule has 1 atom stereocenters. The molecule has 2 aromatic carbocycles. The Labute approximate surface area is 200 Å². The molecule has 4 rings (SSSR count). The number of aliphatic hydroxyl groups is 1. The van der Waals surface area contributed by atoms with Crippen LogP contribution in [0.2, 0.25) is 0 Å². The average molecular weight is 483 g/mol. The molecule has 1 fully saturated rings. The number of benzene rings is 2. The molecule has 9 heteroatoms. The largest absolute Gasteiger partial charge is 0.507 e. The zero-order chi connectivity index (χ0) is 25.3. The number of ketones is 1. The van der Waals surface area contributed by atoms with E-state index in [1.54, 1.807) is 38.1 Å². The Morgan fingerprint density at radius 2 is 1.74 bits per heavy atom. The van der Waals surface area contributed by atoms with E-state index in [-0.39, 0.29) is 34.9 Å². The van der Waals surface area contributed by atoms with Crippen LogP contribution in [-0.4, -0.2) is 30.0 Å². The third-order valence-electron chi connectivity index (χ3n) is 5.48. The van der Waals surface area contributed by atoms with Crippen LogP contribution in [0.3, 0.4) is 0 Å². The maximum atomic E-state index is 14.0. The van der Waals surface area contributed by atoms with Crippen molar-refractivity contribution in [2.45, 2.75) is 26.8 Å². The third kappa shape index (κ3) is 4.37. The number of aryl methyl sites for hydroxylation is 1. The number of amides is 1. The molecule has 3 aromatic rings. The van der Waals surface area contributed by atoms with Crippen molar-refractivity contribution in [3.05, 3.63) is 82.8 Å². The SMILES string of the molecule is CCOc1ccc(/C(O)=C2/C(=O)C(=O)N(c3ccc(F)c(F)c3)C2c2ccc(C)o2)c(OCC)c1. The van der Waals surface area contributed by atoms with E-state index in [2.05, 4.69) is 0 Å². The van der Waals surface area contributed by atoms with E-state index in [0.29, 0.717) is 18.1 Å². The Bertz CT molecular complexity index is 1330. The van der Waals surface area contributed by atoms with Gasteiger partial charge >= 0.3 is 0 Å². The Balaban J connectivity index is 1.93. The molecule has 1 unspecified atom stereocenters. The van der Waals surface area contributed by atoms with Crippen LogP contribution in [0.15, 0.2) is 58.5 Å². The Morgan fingerprint density at radius 1 is 1.00 bits per heavy atom. The summed E-state index contributed by atoms with van der Waals surface area (Å²) >= 11 is 0. The number of anilines is 1. The van der Waals surface area contributed by atoms with Crippen LogP contribution in [0.25, 0.3) is 5.76 Å². The summed E-state index contributed by atoms with van der Waals surface area (Å²) in [6, 6.07) is 9.47. The van der Waals surface area contributed by atoms with Crippen LogP contribution in [0.5, 0.6) is 11.5 Å². The molecule has 35 heavy (non-hydrogen) atoms. The van der Waals surface area contributed by atoms with E-state index in [1.165, 1.54) is 12.1 Å². The fourth-order valence-corrected chi connectivity index (χ4v) is 3.98. The quantitative estimate of drug-likeness (QED) is 0.279. The smallest absolute Gasteiger partial charge is 0.300 e. The van der Waals surface area contributed by atoms with Crippen molar-refractivity contribution in [2.75, 3.05) is 18.1 Å². The van der Waals surface area contributed by atoms with Crippen molar-refractivity contribution >= 4 is 23.1 Å². The highest BCUT2D eigenvalue weighted by atomic mass is 19.2. The number of hydrogen-bond acceptors (Lipinski definition) is 6. The van der Waals surface area contributed by atoms with E-state index in [0.717, 1.165) is 17.0 Å². The normalized spacial score (nSPS) is 17.2. The fourth-order valence-electron chi connectivity index (χ4n) is 3.98. The van der Waals surface area contributed by atoms with Crippen molar-refractivity contribution in [1.29, 1.82) is 0 Å². The molecule has 0 spiro atoms. The van der Waals surface area contributed by atoms with E-state index in [4.69, 9.17) is 13.9 Å². The molecule has 1 aliphatic heterocycles. The lowest BCUT2D eigenvalue weighted by molar-refractivity contribution is -0.132. The van der Waals surface area contributed by atoms with Gasteiger partial charge in [0.25, 0.3) is 11.7 Å². The predicted octanol–water partition coefficient (Wildman–Crippen LogP) is 5.29. The molecule has 0 aliphatic carbocycles. The first kappa shape index (κ1) is 24.0. The third-order valence-corrected chi connectivity index (χ3v) is 5.48. The molecule has 1 saturated heterocycles. The summed E-state index contributed by atoms with van der Waals surface area (Å²) in [5.41, 5.74) is -0.188. The van der Waals surface area contributed by atoms with Crippen LogP contribution >= 0.6 is 0 Å². The van der Waals surface area contributed by atoms with E-state index in [1.807, 2.05) is 6.92 Å². The molecule has 7 nitrogen and oxygen atoms in total. The van der Waals surface area contributed by atoms with Crippen LogP contribution in [0, 0.1) is 18.6 Å². The van der Waals surface area contributed by atoms with Gasteiger partial charge in [-0.2, -0.15) is 0 Å². The van der Waals surface area contributed by atoms with Gasteiger partial charge in [-0.1, -0.05) is 0 Å². The highest BCUT2D eigenvalue weighted by Gasteiger charge is 2.48. The maximum Gasteiger partial charge on any atom is 0.300 e. The first-order chi connectivity index (χ1) is 16.8. The molecule has 1 amide bonds. The van der Waals surface area contributed by atoms with Gasteiger partial charge in [0.05, 0.1) is 24.4 Å². The van der Waals surface area contributed by atoms with E-state index < -0.39 is 35.1 Å². The highest BCUT2D eigenvalue weighted by molar-refractivity contribution is 6.51.